The van der Waals surface area contributed by atoms with Crippen molar-refractivity contribution in [2.75, 3.05) is 0 Å². The summed E-state index contributed by atoms with van der Waals surface area (Å²) in [5.74, 6) is -2.70. The molecule has 0 saturated carbocycles. The van der Waals surface area contributed by atoms with E-state index in [0.717, 1.165) is 21.0 Å². The number of carbonyl (C=O) groups is 1. The molecule has 0 amide bonds. The molecular weight excluding hydrogens is 319 g/mol. The number of carboxylic acid groups (broad SMARTS) is 1. The molecule has 0 spiro atoms. The average Bonchev–Trinajstić information content (AvgIpc) is 2.78. The van der Waals surface area contributed by atoms with E-state index in [-0.39, 0.29) is 0 Å². The zero-order valence-electron chi connectivity index (χ0n) is 9.06. The maximum atomic E-state index is 12.9. The van der Waals surface area contributed by atoms with Crippen LogP contribution < -0.4 is 0 Å². The van der Waals surface area contributed by atoms with Crippen LogP contribution in [-0.4, -0.2) is 11.1 Å². The van der Waals surface area contributed by atoms with Gasteiger partial charge in [0.05, 0.1) is 0 Å². The fraction of sp³-hybridized carbons (Fsp3) is 0. The van der Waals surface area contributed by atoms with Crippen LogP contribution in [0.3, 0.4) is 0 Å². The minimum absolute atomic E-state index is 0.577. The van der Waals surface area contributed by atoms with Gasteiger partial charge < -0.3 is 5.11 Å². The lowest BCUT2D eigenvalue weighted by atomic mass is 10.2. The van der Waals surface area contributed by atoms with Gasteiger partial charge in [0.25, 0.3) is 0 Å². The third-order valence-corrected chi connectivity index (χ3v) is 3.84. The van der Waals surface area contributed by atoms with Gasteiger partial charge in [-0.25, -0.2) is 4.79 Å². The Morgan fingerprint density at radius 3 is 2.50 bits per heavy atom. The van der Waals surface area contributed by atoms with Crippen LogP contribution in [0.2, 0.25) is 0 Å². The van der Waals surface area contributed by atoms with E-state index < -0.39 is 11.8 Å². The highest BCUT2D eigenvalue weighted by Crippen LogP contribution is 2.30. The van der Waals surface area contributed by atoms with Gasteiger partial charge in [0.15, 0.2) is 0 Å². The molecule has 0 bridgehead atoms. The molecule has 1 aromatic heterocycles. The minimum atomic E-state index is -1.55. The second kappa shape index (κ2) is 5.46. The molecule has 2 rings (SSSR count). The Kier molecular flexibility index (Phi) is 3.93. The van der Waals surface area contributed by atoms with E-state index in [1.54, 1.807) is 6.07 Å². The number of hydrogen-bond donors (Lipinski definition) is 1. The molecule has 0 unspecified atom stereocenters. The molecule has 0 aliphatic rings. The number of carboxylic acids is 1. The summed E-state index contributed by atoms with van der Waals surface area (Å²) in [6.07, 6.45) is 1.02. The van der Waals surface area contributed by atoms with Crippen LogP contribution in [-0.2, 0) is 4.79 Å². The Balaban J connectivity index is 2.28. The second-order valence-electron chi connectivity index (χ2n) is 3.51. The number of rotatable bonds is 3. The highest BCUT2D eigenvalue weighted by Gasteiger charge is 2.07. The van der Waals surface area contributed by atoms with Gasteiger partial charge in [-0.2, -0.15) is 4.39 Å². The first-order valence-electron chi connectivity index (χ1n) is 5.02. The Bertz CT molecular complexity index is 602. The first-order chi connectivity index (χ1) is 8.56. The molecule has 0 aliphatic carbocycles. The molecule has 1 N–H and O–H groups in total. The first kappa shape index (κ1) is 13.0. The highest BCUT2D eigenvalue weighted by molar-refractivity contribution is 9.10. The van der Waals surface area contributed by atoms with Gasteiger partial charge in [-0.1, -0.05) is 28.1 Å². The quantitative estimate of drug-likeness (QED) is 0.839. The SMILES string of the molecule is O=C(O)C(F)=Cc1ccc(-c2ccc(Br)cc2)s1. The molecular formula is C13H8BrFO2S. The van der Waals surface area contributed by atoms with Crippen LogP contribution in [0.5, 0.6) is 0 Å². The molecule has 92 valence electrons. The topological polar surface area (TPSA) is 37.3 Å². The van der Waals surface area contributed by atoms with Crippen LogP contribution in [0, 0.1) is 0 Å². The molecule has 0 atom stereocenters. The number of thiophene rings is 1. The Morgan fingerprint density at radius 1 is 1.22 bits per heavy atom. The zero-order valence-corrected chi connectivity index (χ0v) is 11.5. The second-order valence-corrected chi connectivity index (χ2v) is 5.54. The van der Waals surface area contributed by atoms with Crippen LogP contribution in [0.1, 0.15) is 4.88 Å². The van der Waals surface area contributed by atoms with E-state index >= 15 is 0 Å². The van der Waals surface area contributed by atoms with Crippen molar-refractivity contribution in [3.63, 3.8) is 0 Å². The smallest absolute Gasteiger partial charge is 0.364 e. The molecule has 18 heavy (non-hydrogen) atoms. The van der Waals surface area contributed by atoms with Crippen molar-refractivity contribution in [2.45, 2.75) is 0 Å². The molecule has 0 radical (unpaired) electrons. The lowest BCUT2D eigenvalue weighted by Gasteiger charge is -1.96. The van der Waals surface area contributed by atoms with Crippen LogP contribution in [0.15, 0.2) is 46.7 Å². The van der Waals surface area contributed by atoms with E-state index in [0.29, 0.717) is 4.88 Å². The Labute approximate surface area is 116 Å². The Morgan fingerprint density at radius 2 is 1.89 bits per heavy atom. The standard InChI is InChI=1S/C13H8BrFO2S/c14-9-3-1-8(2-4-9)12-6-5-10(18-12)7-11(15)13(16)17/h1-7H,(H,16,17). The van der Waals surface area contributed by atoms with Crippen LogP contribution in [0.4, 0.5) is 4.39 Å². The largest absolute Gasteiger partial charge is 0.476 e. The summed E-state index contributed by atoms with van der Waals surface area (Å²) < 4.78 is 13.9. The van der Waals surface area contributed by atoms with Crippen molar-refractivity contribution >= 4 is 39.3 Å². The van der Waals surface area contributed by atoms with Crippen LogP contribution >= 0.6 is 27.3 Å². The van der Waals surface area contributed by atoms with Gasteiger partial charge in [0, 0.05) is 14.2 Å². The number of hydrogen-bond acceptors (Lipinski definition) is 2. The van der Waals surface area contributed by atoms with Gasteiger partial charge >= 0.3 is 5.97 Å². The molecule has 2 nitrogen and oxygen atoms in total. The fourth-order valence-corrected chi connectivity index (χ4v) is 2.59. The summed E-state index contributed by atoms with van der Waals surface area (Å²) in [5, 5.41) is 8.45. The highest BCUT2D eigenvalue weighted by atomic mass is 79.9. The monoisotopic (exact) mass is 326 g/mol. The molecule has 1 heterocycles. The maximum Gasteiger partial charge on any atom is 0.364 e. The minimum Gasteiger partial charge on any atom is -0.476 e. The fourth-order valence-electron chi connectivity index (χ4n) is 1.39. The predicted octanol–water partition coefficient (Wildman–Crippen LogP) is 4.57. The molecule has 2 aromatic rings. The zero-order chi connectivity index (χ0) is 13.1. The number of halogens is 2. The molecule has 0 aliphatic heterocycles. The van der Waals surface area contributed by atoms with E-state index in [1.165, 1.54) is 11.3 Å². The van der Waals surface area contributed by atoms with Gasteiger partial charge in [0.1, 0.15) is 0 Å². The summed E-state index contributed by atoms with van der Waals surface area (Å²) >= 11 is 4.69. The summed E-state index contributed by atoms with van der Waals surface area (Å²) in [6.45, 7) is 0. The summed E-state index contributed by atoms with van der Waals surface area (Å²) in [7, 11) is 0. The van der Waals surface area contributed by atoms with E-state index in [4.69, 9.17) is 5.11 Å². The van der Waals surface area contributed by atoms with Crippen molar-refractivity contribution in [3.8, 4) is 10.4 Å². The summed E-state index contributed by atoms with van der Waals surface area (Å²) in [4.78, 5) is 11.9. The van der Waals surface area contributed by atoms with Crippen LogP contribution in [0.25, 0.3) is 16.5 Å². The van der Waals surface area contributed by atoms with Gasteiger partial charge in [-0.05, 0) is 35.9 Å². The van der Waals surface area contributed by atoms with Gasteiger partial charge in [0.2, 0.25) is 5.83 Å². The Hall–Kier alpha value is -1.46. The molecule has 5 heteroatoms. The van der Waals surface area contributed by atoms with E-state index in [2.05, 4.69) is 15.9 Å². The van der Waals surface area contributed by atoms with Crippen molar-refractivity contribution in [1.29, 1.82) is 0 Å². The lowest BCUT2D eigenvalue weighted by Crippen LogP contribution is -1.93. The van der Waals surface area contributed by atoms with Gasteiger partial charge in [-0.3, -0.25) is 0 Å². The number of aliphatic carboxylic acids is 1. The normalized spacial score (nSPS) is 11.6. The van der Waals surface area contributed by atoms with E-state index in [1.807, 2.05) is 30.3 Å². The predicted molar refractivity (Wildman–Crippen MR) is 74.2 cm³/mol. The maximum absolute atomic E-state index is 12.9. The van der Waals surface area contributed by atoms with E-state index in [9.17, 15) is 9.18 Å². The molecule has 1 aromatic carbocycles. The van der Waals surface area contributed by atoms with Gasteiger partial charge in [-0.15, -0.1) is 11.3 Å². The van der Waals surface area contributed by atoms with Crippen molar-refractivity contribution in [1.82, 2.24) is 0 Å². The van der Waals surface area contributed by atoms with Crippen molar-refractivity contribution in [3.05, 3.63) is 51.6 Å². The lowest BCUT2D eigenvalue weighted by molar-refractivity contribution is -0.134. The summed E-state index contributed by atoms with van der Waals surface area (Å²) in [5.41, 5.74) is 1.01. The number of benzene rings is 1. The third-order valence-electron chi connectivity index (χ3n) is 2.23. The third kappa shape index (κ3) is 3.05. The van der Waals surface area contributed by atoms with Crippen molar-refractivity contribution in [2.24, 2.45) is 0 Å². The average molecular weight is 327 g/mol. The molecule has 0 saturated heterocycles. The van der Waals surface area contributed by atoms with Crippen molar-refractivity contribution < 1.29 is 14.3 Å². The molecule has 0 fully saturated rings. The summed E-state index contributed by atoms with van der Waals surface area (Å²) in [6, 6.07) is 11.3. The first-order valence-corrected chi connectivity index (χ1v) is 6.63.